The van der Waals surface area contributed by atoms with Gasteiger partial charge < -0.3 is 29.2 Å². The van der Waals surface area contributed by atoms with Crippen molar-refractivity contribution in [2.24, 2.45) is 0 Å². The number of halogens is 4. The Morgan fingerprint density at radius 2 is 1.48 bits per heavy atom. The monoisotopic (exact) mass is 510 g/mol. The first-order valence-corrected chi connectivity index (χ1v) is 10.8. The number of hydrogen-bond acceptors (Lipinski definition) is 6. The SMILES string of the molecule is CO[C@]1(O)O[C@H](COCc2ccc(Cl)cc2Cl)[C@@H](OCc2ccc(Cl)cc2Cl)[C@@]1(C)O. The van der Waals surface area contributed by atoms with Gasteiger partial charge >= 0.3 is 5.97 Å². The molecule has 0 amide bonds. The van der Waals surface area contributed by atoms with E-state index in [1.54, 1.807) is 36.4 Å². The first-order valence-electron chi connectivity index (χ1n) is 9.32. The zero-order chi connectivity index (χ0) is 22.8. The molecule has 1 aliphatic heterocycles. The predicted molar refractivity (Wildman–Crippen MR) is 119 cm³/mol. The van der Waals surface area contributed by atoms with Crippen molar-refractivity contribution in [2.45, 2.75) is 43.9 Å². The van der Waals surface area contributed by atoms with E-state index >= 15 is 0 Å². The highest BCUT2D eigenvalue weighted by atomic mass is 35.5. The van der Waals surface area contributed by atoms with Crippen LogP contribution in [0.1, 0.15) is 18.1 Å². The van der Waals surface area contributed by atoms with E-state index in [4.69, 9.17) is 65.4 Å². The van der Waals surface area contributed by atoms with Crippen LogP contribution in [0.3, 0.4) is 0 Å². The van der Waals surface area contributed by atoms with Crippen LogP contribution < -0.4 is 0 Å². The maximum atomic E-state index is 11.0. The van der Waals surface area contributed by atoms with Crippen LogP contribution in [0.4, 0.5) is 0 Å². The van der Waals surface area contributed by atoms with E-state index in [-0.39, 0.29) is 19.8 Å². The lowest BCUT2D eigenvalue weighted by Crippen LogP contribution is -2.56. The van der Waals surface area contributed by atoms with Crippen molar-refractivity contribution >= 4 is 46.4 Å². The summed E-state index contributed by atoms with van der Waals surface area (Å²) < 4.78 is 22.2. The summed E-state index contributed by atoms with van der Waals surface area (Å²) in [5, 5.41) is 23.5. The molecule has 0 spiro atoms. The van der Waals surface area contributed by atoms with Gasteiger partial charge in [-0.25, -0.2) is 0 Å². The maximum absolute atomic E-state index is 11.0. The molecule has 2 aromatic rings. The minimum Gasteiger partial charge on any atom is -0.379 e. The van der Waals surface area contributed by atoms with E-state index in [2.05, 4.69) is 0 Å². The van der Waals surface area contributed by atoms with Crippen LogP contribution >= 0.6 is 46.4 Å². The number of methoxy groups -OCH3 is 1. The Morgan fingerprint density at radius 1 is 0.935 bits per heavy atom. The second kappa shape index (κ2) is 10.1. The first kappa shape index (κ1) is 25.0. The predicted octanol–water partition coefficient (Wildman–Crippen LogP) is 4.84. The largest absolute Gasteiger partial charge is 0.379 e. The van der Waals surface area contributed by atoms with Crippen LogP contribution in [0.5, 0.6) is 0 Å². The molecule has 1 aliphatic rings. The van der Waals surface area contributed by atoms with E-state index < -0.39 is 23.8 Å². The molecule has 31 heavy (non-hydrogen) atoms. The molecule has 0 unspecified atom stereocenters. The summed E-state index contributed by atoms with van der Waals surface area (Å²) in [5.41, 5.74) is -0.516. The average molecular weight is 512 g/mol. The first-order chi connectivity index (χ1) is 14.6. The standard InChI is InChI=1S/C21H22Cl4O6/c1-20(26)19(30-10-13-4-6-15(23)8-17(13)25)18(31-21(20,27)28-2)11-29-9-12-3-5-14(22)7-16(12)24/h3-8,18-19,26-27H,9-11H2,1-2H3/t18-,19-,20-,21+/m1/s1. The zero-order valence-corrected chi connectivity index (χ0v) is 19.8. The lowest BCUT2D eigenvalue weighted by molar-refractivity contribution is -0.392. The molecule has 2 N–H and O–H groups in total. The van der Waals surface area contributed by atoms with E-state index in [1.165, 1.54) is 14.0 Å². The third-order valence-electron chi connectivity index (χ3n) is 5.11. The molecule has 1 saturated heterocycles. The van der Waals surface area contributed by atoms with Gasteiger partial charge in [0, 0.05) is 27.2 Å². The molecule has 3 rings (SSSR count). The summed E-state index contributed by atoms with van der Waals surface area (Å²) in [6, 6.07) is 10.0. The van der Waals surface area contributed by atoms with Gasteiger partial charge in [0.15, 0.2) is 5.60 Å². The van der Waals surface area contributed by atoms with Gasteiger partial charge in [-0.3, -0.25) is 0 Å². The number of ether oxygens (including phenoxy) is 4. The summed E-state index contributed by atoms with van der Waals surface area (Å²) in [7, 11) is 1.22. The Bertz CT molecular complexity index is 925. The molecule has 10 heteroatoms. The third kappa shape index (κ3) is 5.47. The molecule has 1 fully saturated rings. The van der Waals surface area contributed by atoms with E-state index in [0.717, 1.165) is 5.56 Å². The van der Waals surface area contributed by atoms with Crippen LogP contribution in [0.25, 0.3) is 0 Å². The van der Waals surface area contributed by atoms with Gasteiger partial charge in [-0.2, -0.15) is 0 Å². The third-order valence-corrected chi connectivity index (χ3v) is 6.28. The van der Waals surface area contributed by atoms with Crippen LogP contribution in [-0.2, 0) is 32.2 Å². The van der Waals surface area contributed by atoms with Crippen molar-refractivity contribution in [3.8, 4) is 0 Å². The Balaban J connectivity index is 1.71. The number of benzene rings is 2. The minimum absolute atomic E-state index is 0.0141. The molecule has 0 aromatic heterocycles. The molecule has 0 aliphatic carbocycles. The van der Waals surface area contributed by atoms with Crippen molar-refractivity contribution in [1.82, 2.24) is 0 Å². The fourth-order valence-corrected chi connectivity index (χ4v) is 4.24. The summed E-state index contributed by atoms with van der Waals surface area (Å²) in [6.45, 7) is 1.55. The molecule has 2 aromatic carbocycles. The maximum Gasteiger partial charge on any atom is 0.313 e. The normalized spacial score (nSPS) is 28.3. The van der Waals surface area contributed by atoms with Gasteiger partial charge in [0.1, 0.15) is 12.2 Å². The average Bonchev–Trinajstić information content (AvgIpc) is 2.89. The van der Waals surface area contributed by atoms with Crippen molar-refractivity contribution < 1.29 is 29.2 Å². The molecule has 0 saturated carbocycles. The van der Waals surface area contributed by atoms with Gasteiger partial charge in [-0.05, 0) is 42.3 Å². The molecule has 0 radical (unpaired) electrons. The Kier molecular flexibility index (Phi) is 8.14. The molecule has 4 atom stereocenters. The molecular weight excluding hydrogens is 490 g/mol. The van der Waals surface area contributed by atoms with Crippen molar-refractivity contribution in [1.29, 1.82) is 0 Å². The lowest BCUT2D eigenvalue weighted by atomic mass is 9.95. The van der Waals surface area contributed by atoms with Crippen molar-refractivity contribution in [2.75, 3.05) is 13.7 Å². The highest BCUT2D eigenvalue weighted by Gasteiger charge is 2.64. The summed E-state index contributed by atoms with van der Waals surface area (Å²) in [4.78, 5) is 0. The molecule has 1 heterocycles. The van der Waals surface area contributed by atoms with Crippen molar-refractivity contribution in [3.63, 3.8) is 0 Å². The smallest absolute Gasteiger partial charge is 0.313 e. The quantitative estimate of drug-likeness (QED) is 0.493. The summed E-state index contributed by atoms with van der Waals surface area (Å²) >= 11 is 24.2. The van der Waals surface area contributed by atoms with Gasteiger partial charge in [0.2, 0.25) is 0 Å². The topological polar surface area (TPSA) is 77.4 Å². The van der Waals surface area contributed by atoms with Gasteiger partial charge in [0.25, 0.3) is 0 Å². The Morgan fingerprint density at radius 3 is 2.00 bits per heavy atom. The Labute approximate surface area is 200 Å². The van der Waals surface area contributed by atoms with Gasteiger partial charge in [0.05, 0.1) is 19.8 Å². The number of aliphatic hydroxyl groups is 2. The summed E-state index contributed by atoms with van der Waals surface area (Å²) in [6.07, 6.45) is -1.85. The van der Waals surface area contributed by atoms with E-state index in [1.807, 2.05) is 0 Å². The fraction of sp³-hybridized carbons (Fsp3) is 0.429. The van der Waals surface area contributed by atoms with Crippen molar-refractivity contribution in [3.05, 3.63) is 67.6 Å². The molecule has 6 nitrogen and oxygen atoms in total. The van der Waals surface area contributed by atoms with Crippen LogP contribution in [0.2, 0.25) is 20.1 Å². The van der Waals surface area contributed by atoms with E-state index in [9.17, 15) is 10.2 Å². The second-order valence-corrected chi connectivity index (χ2v) is 9.00. The van der Waals surface area contributed by atoms with Gasteiger partial charge in [-0.1, -0.05) is 58.5 Å². The lowest BCUT2D eigenvalue weighted by Gasteiger charge is -2.33. The Hall–Kier alpha value is -0.640. The minimum atomic E-state index is -2.28. The molecule has 0 bridgehead atoms. The fourth-order valence-electron chi connectivity index (χ4n) is 3.32. The number of rotatable bonds is 8. The zero-order valence-electron chi connectivity index (χ0n) is 16.8. The van der Waals surface area contributed by atoms with Crippen LogP contribution in [0.15, 0.2) is 36.4 Å². The summed E-state index contributed by atoms with van der Waals surface area (Å²) in [5.74, 6) is -2.28. The van der Waals surface area contributed by atoms with Crippen LogP contribution in [-0.4, -0.2) is 47.7 Å². The highest BCUT2D eigenvalue weighted by Crippen LogP contribution is 2.41. The van der Waals surface area contributed by atoms with Gasteiger partial charge in [-0.15, -0.1) is 0 Å². The van der Waals surface area contributed by atoms with E-state index in [0.29, 0.717) is 25.7 Å². The number of hydrogen-bond donors (Lipinski definition) is 2. The molecule has 170 valence electrons. The highest BCUT2D eigenvalue weighted by molar-refractivity contribution is 6.35. The second-order valence-electron chi connectivity index (χ2n) is 7.31. The molecular formula is C21H22Cl4O6. The van der Waals surface area contributed by atoms with Crippen LogP contribution in [0, 0.1) is 0 Å².